The van der Waals surface area contributed by atoms with Crippen LogP contribution in [0.25, 0.3) is 0 Å². The first-order valence-corrected chi connectivity index (χ1v) is 8.76. The summed E-state index contributed by atoms with van der Waals surface area (Å²) >= 11 is 0. The minimum absolute atomic E-state index is 1.96. The highest BCUT2D eigenvalue weighted by Gasteiger charge is 2.39. The van der Waals surface area contributed by atoms with Crippen molar-refractivity contribution in [2.45, 2.75) is 0 Å². The van der Waals surface area contributed by atoms with Gasteiger partial charge in [0.05, 0.1) is 9.85 Å². The summed E-state index contributed by atoms with van der Waals surface area (Å²) in [7, 11) is 0. The number of rotatable bonds is 6. The molecule has 8 nitrogen and oxygen atoms in total. The second-order valence-electron chi connectivity index (χ2n) is 6.50. The van der Waals surface area contributed by atoms with E-state index in [4.69, 9.17) is 0 Å². The molecule has 38 heavy (non-hydrogen) atoms. The molecule has 0 aliphatic heterocycles. The Hall–Kier alpha value is -4.78. The quantitative estimate of drug-likeness (QED) is 0.107. The van der Waals surface area contributed by atoms with Crippen molar-refractivity contribution in [1.29, 1.82) is 0 Å². The Balaban J connectivity index is 2.26. The van der Waals surface area contributed by atoms with Crippen LogP contribution in [0.4, 0.5) is 64.1 Å². The molecule has 0 spiro atoms. The lowest BCUT2D eigenvalue weighted by molar-refractivity contribution is -0.390. The molecule has 202 valence electrons. The molecule has 0 amide bonds. The van der Waals surface area contributed by atoms with Gasteiger partial charge in [0.15, 0.2) is 0 Å². The lowest BCUT2D eigenvalue weighted by Gasteiger charge is -2.15. The smallest absolute Gasteiger partial charge is 0.346 e. The fourth-order valence-electron chi connectivity index (χ4n) is 2.67. The highest BCUT2D eigenvalue weighted by molar-refractivity contribution is 5.49. The standard InChI is InChI=1S/C18F12N2O6/c19-1-6(24)17(37-15-8(26)2(20)13(31(33)34)3(21)9(15)27)12(30)18(7(1)25)38-16-10(28)4(22)14(32(35)36)5(23)11(16)29. The minimum atomic E-state index is -2.94. The Morgan fingerprint density at radius 1 is 0.368 bits per heavy atom. The van der Waals surface area contributed by atoms with Crippen LogP contribution in [-0.4, -0.2) is 9.85 Å². The van der Waals surface area contributed by atoms with E-state index in [1.807, 2.05) is 0 Å². The normalized spacial score (nSPS) is 11.1. The summed E-state index contributed by atoms with van der Waals surface area (Å²) in [4.78, 5) is 17.2. The average molecular weight is 568 g/mol. The maximum Gasteiger partial charge on any atom is 0.346 e. The van der Waals surface area contributed by atoms with Crippen LogP contribution in [0.1, 0.15) is 0 Å². The first kappa shape index (κ1) is 27.8. The van der Waals surface area contributed by atoms with Gasteiger partial charge in [-0.1, -0.05) is 0 Å². The molecule has 0 aromatic heterocycles. The first-order chi connectivity index (χ1) is 17.5. The summed E-state index contributed by atoms with van der Waals surface area (Å²) in [6.45, 7) is 0. The van der Waals surface area contributed by atoms with Gasteiger partial charge < -0.3 is 9.47 Å². The van der Waals surface area contributed by atoms with Gasteiger partial charge in [-0.25, -0.2) is 4.39 Å². The van der Waals surface area contributed by atoms with Crippen LogP contribution in [0.15, 0.2) is 0 Å². The lowest BCUT2D eigenvalue weighted by atomic mass is 10.2. The summed E-state index contributed by atoms with van der Waals surface area (Å²) in [5.74, 6) is -44.3. The number of hydrogen-bond acceptors (Lipinski definition) is 6. The number of benzene rings is 3. The van der Waals surface area contributed by atoms with Crippen LogP contribution in [0.2, 0.25) is 0 Å². The summed E-state index contributed by atoms with van der Waals surface area (Å²) in [5, 5.41) is 21.1. The molecule has 3 aromatic carbocycles. The molecule has 0 radical (unpaired) electrons. The molecule has 0 heterocycles. The summed E-state index contributed by atoms with van der Waals surface area (Å²) in [6, 6.07) is 0. The molecule has 3 aromatic rings. The zero-order chi connectivity index (χ0) is 29.0. The van der Waals surface area contributed by atoms with E-state index < -0.39 is 114 Å². The van der Waals surface area contributed by atoms with Crippen LogP contribution in [0.3, 0.4) is 0 Å². The van der Waals surface area contributed by atoms with E-state index in [9.17, 15) is 72.9 Å². The number of ether oxygens (including phenoxy) is 2. The van der Waals surface area contributed by atoms with Gasteiger partial charge in [0.1, 0.15) is 0 Å². The van der Waals surface area contributed by atoms with Crippen LogP contribution in [0.5, 0.6) is 23.0 Å². The van der Waals surface area contributed by atoms with Crippen LogP contribution < -0.4 is 9.47 Å². The summed E-state index contributed by atoms with van der Waals surface area (Å²) < 4.78 is 176. The molecule has 0 N–H and O–H groups in total. The topological polar surface area (TPSA) is 105 Å². The zero-order valence-corrected chi connectivity index (χ0v) is 16.9. The fourth-order valence-corrected chi connectivity index (χ4v) is 2.67. The van der Waals surface area contributed by atoms with Gasteiger partial charge in [0.25, 0.3) is 0 Å². The van der Waals surface area contributed by atoms with Crippen molar-refractivity contribution in [3.63, 3.8) is 0 Å². The van der Waals surface area contributed by atoms with Crippen LogP contribution in [-0.2, 0) is 0 Å². The van der Waals surface area contributed by atoms with Gasteiger partial charge in [0, 0.05) is 0 Å². The van der Waals surface area contributed by atoms with E-state index >= 15 is 0 Å². The Labute approximate surface area is 197 Å². The van der Waals surface area contributed by atoms with Crippen molar-refractivity contribution < 1.29 is 72.0 Å². The van der Waals surface area contributed by atoms with E-state index in [-0.39, 0.29) is 0 Å². The molecule has 0 fully saturated rings. The van der Waals surface area contributed by atoms with Gasteiger partial charge in [-0.3, -0.25) is 20.2 Å². The lowest BCUT2D eigenvalue weighted by Crippen LogP contribution is -2.10. The predicted molar refractivity (Wildman–Crippen MR) is 92.3 cm³/mol. The van der Waals surface area contributed by atoms with Crippen molar-refractivity contribution >= 4 is 11.4 Å². The Bertz CT molecular complexity index is 1400. The largest absolute Gasteiger partial charge is 0.444 e. The minimum Gasteiger partial charge on any atom is -0.444 e. The highest BCUT2D eigenvalue weighted by Crippen LogP contribution is 2.44. The monoisotopic (exact) mass is 568 g/mol. The number of nitro benzene ring substituents is 2. The van der Waals surface area contributed by atoms with Crippen LogP contribution in [0, 0.1) is 90.0 Å². The molecule has 0 aliphatic rings. The van der Waals surface area contributed by atoms with E-state index in [2.05, 4.69) is 9.47 Å². The van der Waals surface area contributed by atoms with Crippen LogP contribution >= 0.6 is 0 Å². The fraction of sp³-hybridized carbons (Fsp3) is 0. The maximum absolute atomic E-state index is 14.7. The second kappa shape index (κ2) is 9.59. The Kier molecular flexibility index (Phi) is 7.02. The summed E-state index contributed by atoms with van der Waals surface area (Å²) in [5.41, 5.74) is -4.90. The number of hydrogen-bond donors (Lipinski definition) is 0. The summed E-state index contributed by atoms with van der Waals surface area (Å²) in [6.07, 6.45) is 0. The van der Waals surface area contributed by atoms with Gasteiger partial charge in [-0.2, -0.15) is 48.3 Å². The third-order valence-electron chi connectivity index (χ3n) is 4.36. The number of nitro groups is 2. The Morgan fingerprint density at radius 3 is 0.816 bits per heavy atom. The third kappa shape index (κ3) is 4.12. The molecule has 3 rings (SSSR count). The highest BCUT2D eigenvalue weighted by atomic mass is 19.2. The average Bonchev–Trinajstić information content (AvgIpc) is 2.84. The SMILES string of the molecule is O=[N+]([O-])c1c(F)c(F)c(Oc2c(F)c(F)c(F)c(Oc3c(F)c(F)c([N+](=O)[O-])c(F)c3F)c2F)c(F)c1F. The van der Waals surface area contributed by atoms with Gasteiger partial charge in [-0.05, 0) is 0 Å². The molecule has 20 heteroatoms. The van der Waals surface area contributed by atoms with Crippen molar-refractivity contribution in [1.82, 2.24) is 0 Å². The van der Waals surface area contributed by atoms with Crippen molar-refractivity contribution in [3.05, 3.63) is 90.0 Å². The number of nitrogens with zero attached hydrogens (tertiary/aromatic N) is 2. The third-order valence-corrected chi connectivity index (χ3v) is 4.36. The van der Waals surface area contributed by atoms with Gasteiger partial charge >= 0.3 is 11.4 Å². The maximum atomic E-state index is 14.7. The second-order valence-corrected chi connectivity index (χ2v) is 6.50. The molecular weight excluding hydrogens is 568 g/mol. The van der Waals surface area contributed by atoms with Gasteiger partial charge in [0.2, 0.25) is 92.8 Å². The Morgan fingerprint density at radius 2 is 0.579 bits per heavy atom. The zero-order valence-electron chi connectivity index (χ0n) is 16.9. The van der Waals surface area contributed by atoms with Gasteiger partial charge in [-0.15, -0.1) is 0 Å². The molecule has 0 atom stereocenters. The van der Waals surface area contributed by atoms with Crippen molar-refractivity contribution in [2.75, 3.05) is 0 Å². The number of halogens is 12. The molecule has 0 unspecified atom stereocenters. The van der Waals surface area contributed by atoms with Crippen molar-refractivity contribution in [3.8, 4) is 23.0 Å². The molecule has 0 bridgehead atoms. The molecule has 0 saturated carbocycles. The van der Waals surface area contributed by atoms with E-state index in [0.29, 0.717) is 0 Å². The molecule has 0 aliphatic carbocycles. The van der Waals surface area contributed by atoms with E-state index in [1.54, 1.807) is 0 Å². The predicted octanol–water partition coefficient (Wildman–Crippen LogP) is 6.76. The van der Waals surface area contributed by atoms with E-state index in [1.165, 1.54) is 0 Å². The van der Waals surface area contributed by atoms with E-state index in [0.717, 1.165) is 0 Å². The van der Waals surface area contributed by atoms with Crippen molar-refractivity contribution in [2.24, 2.45) is 0 Å². The molecule has 0 saturated heterocycles. The first-order valence-electron chi connectivity index (χ1n) is 8.76. The molecular formula is C18F12N2O6.